The molecule has 94 valence electrons. The maximum atomic E-state index is 11.3. The quantitative estimate of drug-likeness (QED) is 0.853. The molecule has 0 saturated carbocycles. The number of carbonyl (C=O) groups is 1. The van der Waals surface area contributed by atoms with E-state index >= 15 is 0 Å². The van der Waals surface area contributed by atoms with Crippen molar-refractivity contribution in [1.82, 2.24) is 0 Å². The molecule has 1 rings (SSSR count). The van der Waals surface area contributed by atoms with E-state index in [9.17, 15) is 9.90 Å². The maximum absolute atomic E-state index is 11.3. The lowest BCUT2D eigenvalue weighted by atomic mass is 9.94. The average Bonchev–Trinajstić information content (AvgIpc) is 2.20. The first-order valence-corrected chi connectivity index (χ1v) is 5.83. The summed E-state index contributed by atoms with van der Waals surface area (Å²) in [6, 6.07) is 7.46. The van der Waals surface area contributed by atoms with Gasteiger partial charge in [-0.2, -0.15) is 0 Å². The molecule has 0 fully saturated rings. The Morgan fingerprint density at radius 2 is 2.00 bits per heavy atom. The maximum Gasteiger partial charge on any atom is 0.347 e. The topological polar surface area (TPSA) is 46.5 Å². The number of aliphatic carboxylic acids is 1. The molecule has 1 aromatic rings. The Hall–Kier alpha value is -1.51. The summed E-state index contributed by atoms with van der Waals surface area (Å²) in [6.07, 6.45) is 0.483. The first kappa shape index (κ1) is 13.6. The highest BCUT2D eigenvalue weighted by Gasteiger charge is 2.36. The molecule has 0 heterocycles. The fourth-order valence-electron chi connectivity index (χ4n) is 1.87. The smallest absolute Gasteiger partial charge is 0.347 e. The predicted molar refractivity (Wildman–Crippen MR) is 67.3 cm³/mol. The average molecular weight is 236 g/mol. The van der Waals surface area contributed by atoms with Crippen molar-refractivity contribution in [2.24, 2.45) is 5.92 Å². The molecule has 3 nitrogen and oxygen atoms in total. The number of hydrogen-bond donors (Lipinski definition) is 1. The van der Waals surface area contributed by atoms with E-state index < -0.39 is 11.6 Å². The zero-order valence-electron chi connectivity index (χ0n) is 10.9. The van der Waals surface area contributed by atoms with Crippen LogP contribution in [0.3, 0.4) is 0 Å². The lowest BCUT2D eigenvalue weighted by molar-refractivity contribution is -0.155. The molecule has 0 aromatic heterocycles. The molecular weight excluding hydrogens is 216 g/mol. The van der Waals surface area contributed by atoms with Crippen LogP contribution in [0.1, 0.15) is 32.8 Å². The van der Waals surface area contributed by atoms with Crippen LogP contribution in [0.25, 0.3) is 0 Å². The number of carboxylic acid groups (broad SMARTS) is 1. The SMILES string of the molecule is Cc1ccccc1OC(C)(CC(C)C)C(=O)O. The van der Waals surface area contributed by atoms with Crippen molar-refractivity contribution in [3.05, 3.63) is 29.8 Å². The Morgan fingerprint density at radius 3 is 2.47 bits per heavy atom. The largest absolute Gasteiger partial charge is 0.478 e. The summed E-state index contributed by atoms with van der Waals surface area (Å²) in [5, 5.41) is 9.31. The van der Waals surface area contributed by atoms with E-state index in [1.54, 1.807) is 13.0 Å². The van der Waals surface area contributed by atoms with Gasteiger partial charge < -0.3 is 9.84 Å². The highest BCUT2D eigenvalue weighted by molar-refractivity contribution is 5.77. The second-order valence-corrected chi connectivity index (χ2v) is 5.00. The zero-order valence-corrected chi connectivity index (χ0v) is 10.9. The van der Waals surface area contributed by atoms with Crippen molar-refractivity contribution < 1.29 is 14.6 Å². The lowest BCUT2D eigenvalue weighted by Crippen LogP contribution is -2.42. The molecule has 1 aromatic carbocycles. The fraction of sp³-hybridized carbons (Fsp3) is 0.500. The molecule has 1 unspecified atom stereocenters. The Kier molecular flexibility index (Phi) is 4.16. The molecule has 0 saturated heterocycles. The fourth-order valence-corrected chi connectivity index (χ4v) is 1.87. The summed E-state index contributed by atoms with van der Waals surface area (Å²) >= 11 is 0. The van der Waals surface area contributed by atoms with Gasteiger partial charge in [-0.15, -0.1) is 0 Å². The van der Waals surface area contributed by atoms with Crippen molar-refractivity contribution in [2.75, 3.05) is 0 Å². The van der Waals surface area contributed by atoms with Gasteiger partial charge in [0.1, 0.15) is 5.75 Å². The van der Waals surface area contributed by atoms with Crippen LogP contribution < -0.4 is 4.74 Å². The standard InChI is InChI=1S/C14H20O3/c1-10(2)9-14(4,13(15)16)17-12-8-6-5-7-11(12)3/h5-8,10H,9H2,1-4H3,(H,15,16). The number of ether oxygens (including phenoxy) is 1. The normalized spacial score (nSPS) is 14.4. The molecule has 0 aliphatic carbocycles. The molecule has 0 bridgehead atoms. The molecule has 0 radical (unpaired) electrons. The van der Waals surface area contributed by atoms with Gasteiger partial charge in [0.2, 0.25) is 5.60 Å². The third-order valence-electron chi connectivity index (χ3n) is 2.68. The molecule has 17 heavy (non-hydrogen) atoms. The van der Waals surface area contributed by atoms with E-state index in [2.05, 4.69) is 0 Å². The van der Waals surface area contributed by atoms with Crippen LogP contribution in [0.5, 0.6) is 5.75 Å². The van der Waals surface area contributed by atoms with Crippen LogP contribution in [0.4, 0.5) is 0 Å². The minimum atomic E-state index is -1.17. The van der Waals surface area contributed by atoms with Crippen LogP contribution in [0, 0.1) is 12.8 Å². The zero-order chi connectivity index (χ0) is 13.1. The Balaban J connectivity index is 2.95. The third kappa shape index (κ3) is 3.48. The van der Waals surface area contributed by atoms with Gasteiger partial charge in [-0.1, -0.05) is 32.0 Å². The Labute approximate surface area is 102 Å². The molecule has 1 atom stereocenters. The highest BCUT2D eigenvalue weighted by atomic mass is 16.5. The summed E-state index contributed by atoms with van der Waals surface area (Å²) in [5.74, 6) is -0.0207. The van der Waals surface area contributed by atoms with Crippen LogP contribution in [-0.4, -0.2) is 16.7 Å². The summed E-state index contributed by atoms with van der Waals surface area (Å²) in [6.45, 7) is 7.51. The third-order valence-corrected chi connectivity index (χ3v) is 2.68. The first-order chi connectivity index (χ1) is 7.85. The van der Waals surface area contributed by atoms with E-state index in [4.69, 9.17) is 4.74 Å². The molecule has 0 aliphatic heterocycles. The second kappa shape index (κ2) is 5.21. The van der Waals surface area contributed by atoms with Crippen LogP contribution in [-0.2, 0) is 4.79 Å². The number of carboxylic acids is 1. The lowest BCUT2D eigenvalue weighted by Gasteiger charge is -2.28. The molecule has 3 heteroatoms. The van der Waals surface area contributed by atoms with E-state index in [-0.39, 0.29) is 5.92 Å². The Morgan fingerprint density at radius 1 is 1.41 bits per heavy atom. The predicted octanol–water partition coefficient (Wildman–Crippen LogP) is 3.26. The monoisotopic (exact) mass is 236 g/mol. The molecular formula is C14H20O3. The molecule has 0 spiro atoms. The van der Waals surface area contributed by atoms with Gasteiger partial charge in [0.05, 0.1) is 0 Å². The summed E-state index contributed by atoms with van der Waals surface area (Å²) in [4.78, 5) is 11.3. The van der Waals surface area contributed by atoms with E-state index in [0.29, 0.717) is 12.2 Å². The van der Waals surface area contributed by atoms with Gasteiger partial charge in [0.15, 0.2) is 0 Å². The minimum absolute atomic E-state index is 0.264. The van der Waals surface area contributed by atoms with Crippen molar-refractivity contribution in [3.63, 3.8) is 0 Å². The van der Waals surface area contributed by atoms with E-state index in [0.717, 1.165) is 5.56 Å². The van der Waals surface area contributed by atoms with Gasteiger partial charge >= 0.3 is 5.97 Å². The van der Waals surface area contributed by atoms with Gasteiger partial charge in [-0.25, -0.2) is 4.79 Å². The van der Waals surface area contributed by atoms with E-state index in [1.165, 1.54) is 0 Å². The van der Waals surface area contributed by atoms with Crippen LogP contribution >= 0.6 is 0 Å². The van der Waals surface area contributed by atoms with Crippen molar-refractivity contribution in [3.8, 4) is 5.75 Å². The van der Waals surface area contributed by atoms with Crippen molar-refractivity contribution >= 4 is 5.97 Å². The van der Waals surface area contributed by atoms with Gasteiger partial charge in [-0.3, -0.25) is 0 Å². The minimum Gasteiger partial charge on any atom is -0.478 e. The summed E-state index contributed by atoms with van der Waals surface area (Å²) in [5.41, 5.74) is -0.218. The number of para-hydroxylation sites is 1. The van der Waals surface area contributed by atoms with Crippen LogP contribution in [0.15, 0.2) is 24.3 Å². The van der Waals surface area contributed by atoms with Gasteiger partial charge in [-0.05, 0) is 31.4 Å². The van der Waals surface area contributed by atoms with Crippen molar-refractivity contribution in [2.45, 2.75) is 39.7 Å². The number of benzene rings is 1. The van der Waals surface area contributed by atoms with E-state index in [1.807, 2.05) is 39.0 Å². The molecule has 1 N–H and O–H groups in total. The van der Waals surface area contributed by atoms with Gasteiger partial charge in [0.25, 0.3) is 0 Å². The van der Waals surface area contributed by atoms with Crippen molar-refractivity contribution in [1.29, 1.82) is 0 Å². The highest BCUT2D eigenvalue weighted by Crippen LogP contribution is 2.27. The molecule has 0 aliphatic rings. The summed E-state index contributed by atoms with van der Waals surface area (Å²) < 4.78 is 5.71. The van der Waals surface area contributed by atoms with Gasteiger partial charge in [0, 0.05) is 6.42 Å². The number of hydrogen-bond acceptors (Lipinski definition) is 2. The number of aryl methyl sites for hydroxylation is 1. The summed E-state index contributed by atoms with van der Waals surface area (Å²) in [7, 11) is 0. The second-order valence-electron chi connectivity index (χ2n) is 5.00. The molecule has 0 amide bonds. The first-order valence-electron chi connectivity index (χ1n) is 5.83. The van der Waals surface area contributed by atoms with Crippen LogP contribution in [0.2, 0.25) is 0 Å². The Bertz CT molecular complexity index is 398. The number of rotatable bonds is 5.